The third-order valence-electron chi connectivity index (χ3n) is 2.16. The molecule has 1 aromatic heterocycles. The molecule has 0 saturated heterocycles. The Morgan fingerprint density at radius 1 is 1.00 bits per heavy atom. The number of thiophene rings is 1. The molecule has 1 aromatic carbocycles. The van der Waals surface area contributed by atoms with Crippen LogP contribution in [0.4, 0.5) is 0 Å². The van der Waals surface area contributed by atoms with Crippen LogP contribution >= 0.6 is 11.3 Å². The summed E-state index contributed by atoms with van der Waals surface area (Å²) in [5.41, 5.74) is 4.95. The lowest BCUT2D eigenvalue weighted by molar-refractivity contribution is 0.0849. The maximum absolute atomic E-state index is 11.6. The standard InChI is InChI=1S/C12H10N2O3S/c15-9-5-3-8(4-6-9)11(16)13-14-12(17)10-2-1-7-18-10/h1-7,15H,(H,13,16)(H,14,17). The summed E-state index contributed by atoms with van der Waals surface area (Å²) in [6.07, 6.45) is 0. The molecular weight excluding hydrogens is 252 g/mol. The monoisotopic (exact) mass is 262 g/mol. The van der Waals surface area contributed by atoms with Gasteiger partial charge in [-0.05, 0) is 35.7 Å². The Bertz CT molecular complexity index is 549. The van der Waals surface area contributed by atoms with Gasteiger partial charge in [0.2, 0.25) is 0 Å². The van der Waals surface area contributed by atoms with E-state index in [0.717, 1.165) is 0 Å². The molecule has 0 aliphatic carbocycles. The van der Waals surface area contributed by atoms with Gasteiger partial charge in [0.25, 0.3) is 11.8 Å². The molecule has 18 heavy (non-hydrogen) atoms. The van der Waals surface area contributed by atoms with Crippen molar-refractivity contribution in [2.75, 3.05) is 0 Å². The van der Waals surface area contributed by atoms with Crippen molar-refractivity contribution < 1.29 is 14.7 Å². The SMILES string of the molecule is O=C(NNC(=O)c1cccs1)c1ccc(O)cc1. The molecular formula is C12H10N2O3S. The summed E-state index contributed by atoms with van der Waals surface area (Å²) in [4.78, 5) is 23.7. The highest BCUT2D eigenvalue weighted by Crippen LogP contribution is 2.09. The molecule has 1 heterocycles. The minimum atomic E-state index is -0.445. The van der Waals surface area contributed by atoms with Gasteiger partial charge in [-0.25, -0.2) is 0 Å². The van der Waals surface area contributed by atoms with Gasteiger partial charge in [0.15, 0.2) is 0 Å². The molecule has 0 aliphatic heterocycles. The molecule has 0 aliphatic rings. The Morgan fingerprint density at radius 2 is 1.67 bits per heavy atom. The highest BCUT2D eigenvalue weighted by Gasteiger charge is 2.09. The van der Waals surface area contributed by atoms with Crippen LogP contribution in [-0.2, 0) is 0 Å². The largest absolute Gasteiger partial charge is 0.508 e. The maximum Gasteiger partial charge on any atom is 0.279 e. The summed E-state index contributed by atoms with van der Waals surface area (Å²) in [5, 5.41) is 10.9. The first-order chi connectivity index (χ1) is 8.66. The van der Waals surface area contributed by atoms with Gasteiger partial charge in [-0.1, -0.05) is 6.07 Å². The molecule has 0 atom stereocenters. The van der Waals surface area contributed by atoms with Crippen molar-refractivity contribution in [3.8, 4) is 5.75 Å². The normalized spacial score (nSPS) is 9.78. The lowest BCUT2D eigenvalue weighted by Gasteiger charge is -2.06. The second-order valence-electron chi connectivity index (χ2n) is 3.43. The number of carbonyl (C=O) groups is 2. The Morgan fingerprint density at radius 3 is 2.28 bits per heavy atom. The first-order valence-corrected chi connectivity index (χ1v) is 5.98. The van der Waals surface area contributed by atoms with Gasteiger partial charge in [-0.2, -0.15) is 0 Å². The van der Waals surface area contributed by atoms with E-state index in [1.54, 1.807) is 17.5 Å². The second kappa shape index (κ2) is 5.33. The molecule has 0 fully saturated rings. The Kier molecular flexibility index (Phi) is 3.59. The van der Waals surface area contributed by atoms with Gasteiger partial charge in [0.1, 0.15) is 5.75 Å². The first kappa shape index (κ1) is 12.1. The molecule has 2 amide bonds. The number of hydrogen-bond donors (Lipinski definition) is 3. The van der Waals surface area contributed by atoms with E-state index in [4.69, 9.17) is 5.11 Å². The molecule has 0 saturated carbocycles. The Hall–Kier alpha value is -2.34. The molecule has 0 spiro atoms. The van der Waals surface area contributed by atoms with Crippen LogP contribution in [0, 0.1) is 0 Å². The summed E-state index contributed by atoms with van der Waals surface area (Å²) in [5.74, 6) is -0.730. The molecule has 0 bridgehead atoms. The zero-order chi connectivity index (χ0) is 13.0. The van der Waals surface area contributed by atoms with Crippen LogP contribution < -0.4 is 10.9 Å². The van der Waals surface area contributed by atoms with Crippen molar-refractivity contribution in [3.05, 3.63) is 52.2 Å². The molecule has 92 valence electrons. The fourth-order valence-electron chi connectivity index (χ4n) is 1.27. The van der Waals surface area contributed by atoms with E-state index < -0.39 is 5.91 Å². The fourth-order valence-corrected chi connectivity index (χ4v) is 1.89. The van der Waals surface area contributed by atoms with Gasteiger partial charge in [-0.3, -0.25) is 20.4 Å². The summed E-state index contributed by atoms with van der Waals surface area (Å²) < 4.78 is 0. The van der Waals surface area contributed by atoms with Crippen molar-refractivity contribution in [2.24, 2.45) is 0 Å². The highest BCUT2D eigenvalue weighted by molar-refractivity contribution is 7.12. The van der Waals surface area contributed by atoms with Crippen LogP contribution in [0.3, 0.4) is 0 Å². The topological polar surface area (TPSA) is 78.4 Å². The molecule has 0 radical (unpaired) electrons. The van der Waals surface area contributed by atoms with E-state index in [-0.39, 0.29) is 11.7 Å². The lowest BCUT2D eigenvalue weighted by atomic mass is 10.2. The molecule has 6 heteroatoms. The highest BCUT2D eigenvalue weighted by atomic mass is 32.1. The van der Waals surface area contributed by atoms with Crippen molar-refractivity contribution in [2.45, 2.75) is 0 Å². The molecule has 2 aromatic rings. The van der Waals surface area contributed by atoms with Crippen LogP contribution in [-0.4, -0.2) is 16.9 Å². The Balaban J connectivity index is 1.92. The average molecular weight is 262 g/mol. The average Bonchev–Trinajstić information content (AvgIpc) is 2.90. The van der Waals surface area contributed by atoms with Crippen LogP contribution in [0.25, 0.3) is 0 Å². The minimum Gasteiger partial charge on any atom is -0.508 e. The van der Waals surface area contributed by atoms with Crippen molar-refractivity contribution in [1.29, 1.82) is 0 Å². The number of phenolic OH excluding ortho intramolecular Hbond substituents is 1. The summed E-state index contributed by atoms with van der Waals surface area (Å²) in [6, 6.07) is 9.13. The number of hydrazine groups is 1. The molecule has 0 unspecified atom stereocenters. The van der Waals surface area contributed by atoms with Crippen molar-refractivity contribution in [1.82, 2.24) is 10.9 Å². The number of rotatable bonds is 2. The molecule has 2 rings (SSSR count). The van der Waals surface area contributed by atoms with Gasteiger partial charge in [0.05, 0.1) is 4.88 Å². The zero-order valence-corrected chi connectivity index (χ0v) is 10.0. The number of nitrogens with one attached hydrogen (secondary N) is 2. The second-order valence-corrected chi connectivity index (χ2v) is 4.38. The van der Waals surface area contributed by atoms with E-state index in [9.17, 15) is 9.59 Å². The van der Waals surface area contributed by atoms with E-state index in [1.165, 1.54) is 35.6 Å². The third kappa shape index (κ3) is 2.86. The van der Waals surface area contributed by atoms with Crippen molar-refractivity contribution >= 4 is 23.2 Å². The van der Waals surface area contributed by atoms with Crippen LogP contribution in [0.2, 0.25) is 0 Å². The Labute approximate surface area is 107 Å². The van der Waals surface area contributed by atoms with E-state index in [1.807, 2.05) is 0 Å². The third-order valence-corrected chi connectivity index (χ3v) is 3.03. The minimum absolute atomic E-state index is 0.0779. The van der Waals surface area contributed by atoms with Crippen molar-refractivity contribution in [3.63, 3.8) is 0 Å². The number of amides is 2. The summed E-state index contributed by atoms with van der Waals surface area (Å²) >= 11 is 1.28. The van der Waals surface area contributed by atoms with Gasteiger partial charge in [0, 0.05) is 5.56 Å². The maximum atomic E-state index is 11.6. The predicted molar refractivity (Wildman–Crippen MR) is 67.4 cm³/mol. The smallest absolute Gasteiger partial charge is 0.279 e. The fraction of sp³-hybridized carbons (Fsp3) is 0. The van der Waals surface area contributed by atoms with Crippen LogP contribution in [0.5, 0.6) is 5.75 Å². The zero-order valence-electron chi connectivity index (χ0n) is 9.21. The number of aromatic hydroxyl groups is 1. The van der Waals surface area contributed by atoms with Gasteiger partial charge in [-0.15, -0.1) is 11.3 Å². The van der Waals surface area contributed by atoms with Crippen LogP contribution in [0.1, 0.15) is 20.0 Å². The predicted octanol–water partition coefficient (Wildman–Crippen LogP) is 1.53. The van der Waals surface area contributed by atoms with Gasteiger partial charge < -0.3 is 5.11 Å². The number of hydrogen-bond acceptors (Lipinski definition) is 4. The molecule has 3 N–H and O–H groups in total. The summed E-state index contributed by atoms with van der Waals surface area (Å²) in [7, 11) is 0. The molecule has 5 nitrogen and oxygen atoms in total. The van der Waals surface area contributed by atoms with E-state index in [0.29, 0.717) is 10.4 Å². The lowest BCUT2D eigenvalue weighted by Crippen LogP contribution is -2.41. The van der Waals surface area contributed by atoms with Crippen LogP contribution in [0.15, 0.2) is 41.8 Å². The van der Waals surface area contributed by atoms with E-state index >= 15 is 0 Å². The first-order valence-electron chi connectivity index (χ1n) is 5.10. The number of benzene rings is 1. The number of carbonyl (C=O) groups excluding carboxylic acids is 2. The quantitative estimate of drug-likeness (QED) is 0.718. The summed E-state index contributed by atoms with van der Waals surface area (Å²) in [6.45, 7) is 0. The van der Waals surface area contributed by atoms with Gasteiger partial charge >= 0.3 is 0 Å². The van der Waals surface area contributed by atoms with E-state index in [2.05, 4.69) is 10.9 Å². The number of phenols is 1.